The van der Waals surface area contributed by atoms with E-state index in [1.54, 1.807) is 0 Å². The van der Waals surface area contributed by atoms with E-state index in [4.69, 9.17) is 0 Å². The lowest BCUT2D eigenvalue weighted by molar-refractivity contribution is 0.112. The van der Waals surface area contributed by atoms with Gasteiger partial charge in [-0.05, 0) is 24.5 Å². The summed E-state index contributed by atoms with van der Waals surface area (Å²) in [5.41, 5.74) is 3.18. The summed E-state index contributed by atoms with van der Waals surface area (Å²) in [4.78, 5) is 10.4. The van der Waals surface area contributed by atoms with E-state index in [1.165, 1.54) is 11.1 Å². The average Bonchev–Trinajstić information content (AvgIpc) is 2.18. The highest BCUT2D eigenvalue weighted by atomic mass is 16.1. The maximum absolute atomic E-state index is 10.4. The third-order valence-corrected chi connectivity index (χ3v) is 2.01. The molecule has 0 atom stereocenters. The fraction of sp³-hybridized carbons (Fsp3) is 0.250. The van der Waals surface area contributed by atoms with Crippen LogP contribution >= 0.6 is 0 Å². The van der Waals surface area contributed by atoms with Gasteiger partial charge >= 0.3 is 0 Å². The van der Waals surface area contributed by atoms with Gasteiger partial charge in [0.25, 0.3) is 0 Å². The Morgan fingerprint density at radius 2 is 1.92 bits per heavy atom. The van der Waals surface area contributed by atoms with Gasteiger partial charge in [-0.25, -0.2) is 0 Å². The Kier molecular flexibility index (Phi) is 3.44. The zero-order valence-corrected chi connectivity index (χ0v) is 8.08. The van der Waals surface area contributed by atoms with Crippen molar-refractivity contribution in [3.63, 3.8) is 0 Å². The monoisotopic (exact) mass is 174 g/mol. The van der Waals surface area contributed by atoms with E-state index in [1.807, 2.05) is 24.3 Å². The maximum Gasteiger partial charge on any atom is 0.150 e. The first-order valence-electron chi connectivity index (χ1n) is 4.50. The zero-order valence-electron chi connectivity index (χ0n) is 8.08. The van der Waals surface area contributed by atoms with Crippen LogP contribution in [0.4, 0.5) is 0 Å². The van der Waals surface area contributed by atoms with E-state index in [-0.39, 0.29) is 0 Å². The molecule has 0 aliphatic carbocycles. The standard InChI is InChI=1S/C12H14O/c1-3-4-10(2)12-7-5-11(9-13)6-8-12/h4-9H,3H2,1-2H3/b10-4-. The Bertz CT molecular complexity index is 306. The van der Waals surface area contributed by atoms with Crippen LogP contribution in [0.25, 0.3) is 5.57 Å². The molecule has 0 bridgehead atoms. The molecule has 0 saturated heterocycles. The minimum absolute atomic E-state index is 0.730. The summed E-state index contributed by atoms with van der Waals surface area (Å²) in [6.07, 6.45) is 4.08. The molecule has 1 heteroatoms. The highest BCUT2D eigenvalue weighted by molar-refractivity contribution is 5.76. The molecule has 0 radical (unpaired) electrons. The van der Waals surface area contributed by atoms with E-state index in [0.29, 0.717) is 0 Å². The summed E-state index contributed by atoms with van der Waals surface area (Å²) in [5.74, 6) is 0. The number of allylic oxidation sites excluding steroid dienone is 2. The van der Waals surface area contributed by atoms with E-state index in [2.05, 4.69) is 19.9 Å². The lowest BCUT2D eigenvalue weighted by Crippen LogP contribution is -1.82. The average molecular weight is 174 g/mol. The zero-order chi connectivity index (χ0) is 9.68. The van der Waals surface area contributed by atoms with Gasteiger partial charge in [0.05, 0.1) is 0 Å². The second-order valence-corrected chi connectivity index (χ2v) is 3.04. The van der Waals surface area contributed by atoms with Crippen molar-refractivity contribution in [3.8, 4) is 0 Å². The first kappa shape index (κ1) is 9.72. The molecule has 0 fully saturated rings. The number of aldehydes is 1. The lowest BCUT2D eigenvalue weighted by Gasteiger charge is -2.00. The molecule has 0 spiro atoms. The molecule has 0 saturated carbocycles. The molecule has 0 aromatic heterocycles. The Labute approximate surface area is 79.1 Å². The summed E-state index contributed by atoms with van der Waals surface area (Å²) < 4.78 is 0. The Morgan fingerprint density at radius 1 is 1.31 bits per heavy atom. The molecule has 68 valence electrons. The number of hydrogen-bond donors (Lipinski definition) is 0. The molecule has 0 aliphatic rings. The third-order valence-electron chi connectivity index (χ3n) is 2.01. The van der Waals surface area contributed by atoms with Crippen molar-refractivity contribution in [3.05, 3.63) is 41.5 Å². The molecule has 0 aliphatic heterocycles. The number of hydrogen-bond acceptors (Lipinski definition) is 1. The largest absolute Gasteiger partial charge is 0.298 e. The van der Waals surface area contributed by atoms with Crippen LogP contribution in [0.15, 0.2) is 30.3 Å². The molecule has 1 aromatic rings. The van der Waals surface area contributed by atoms with E-state index in [0.717, 1.165) is 18.3 Å². The van der Waals surface area contributed by atoms with Gasteiger partial charge in [0, 0.05) is 5.56 Å². The third kappa shape index (κ3) is 2.55. The van der Waals surface area contributed by atoms with Gasteiger partial charge in [-0.15, -0.1) is 0 Å². The van der Waals surface area contributed by atoms with Crippen molar-refractivity contribution in [2.75, 3.05) is 0 Å². The van der Waals surface area contributed by atoms with Crippen LogP contribution in [-0.4, -0.2) is 6.29 Å². The molecule has 0 heterocycles. The summed E-state index contributed by atoms with van der Waals surface area (Å²) >= 11 is 0. The van der Waals surface area contributed by atoms with Crippen molar-refractivity contribution in [2.24, 2.45) is 0 Å². The van der Waals surface area contributed by atoms with Gasteiger partial charge in [0.2, 0.25) is 0 Å². The van der Waals surface area contributed by atoms with Crippen LogP contribution in [0.5, 0.6) is 0 Å². The SMILES string of the molecule is CC/C=C(/C)c1ccc(C=O)cc1. The molecule has 1 rings (SSSR count). The second-order valence-electron chi connectivity index (χ2n) is 3.04. The number of rotatable bonds is 3. The number of carbonyl (C=O) groups is 1. The summed E-state index contributed by atoms with van der Waals surface area (Å²) in [6.45, 7) is 4.20. The van der Waals surface area contributed by atoms with Gasteiger partial charge in [-0.1, -0.05) is 37.3 Å². The van der Waals surface area contributed by atoms with Crippen molar-refractivity contribution < 1.29 is 4.79 Å². The molecule has 1 nitrogen and oxygen atoms in total. The normalized spacial score (nSPS) is 11.4. The lowest BCUT2D eigenvalue weighted by atomic mass is 10.1. The van der Waals surface area contributed by atoms with Crippen LogP contribution in [0.1, 0.15) is 36.2 Å². The fourth-order valence-electron chi connectivity index (χ4n) is 1.25. The van der Waals surface area contributed by atoms with E-state index in [9.17, 15) is 4.79 Å². The van der Waals surface area contributed by atoms with Crippen LogP contribution < -0.4 is 0 Å². The van der Waals surface area contributed by atoms with Crippen molar-refractivity contribution in [1.82, 2.24) is 0 Å². The van der Waals surface area contributed by atoms with Crippen LogP contribution in [0.2, 0.25) is 0 Å². The smallest absolute Gasteiger partial charge is 0.150 e. The Hall–Kier alpha value is -1.37. The summed E-state index contributed by atoms with van der Waals surface area (Å²) in [5, 5.41) is 0. The van der Waals surface area contributed by atoms with Gasteiger partial charge in [-0.2, -0.15) is 0 Å². The Morgan fingerprint density at radius 3 is 2.38 bits per heavy atom. The summed E-state index contributed by atoms with van der Waals surface area (Å²) in [7, 11) is 0. The highest BCUT2D eigenvalue weighted by Crippen LogP contribution is 2.14. The highest BCUT2D eigenvalue weighted by Gasteiger charge is 1.94. The minimum Gasteiger partial charge on any atom is -0.298 e. The summed E-state index contributed by atoms with van der Waals surface area (Å²) in [6, 6.07) is 7.64. The predicted octanol–water partition coefficient (Wildman–Crippen LogP) is 3.31. The molecular weight excluding hydrogens is 160 g/mol. The quantitative estimate of drug-likeness (QED) is 0.642. The first-order chi connectivity index (χ1) is 6.27. The second kappa shape index (κ2) is 4.61. The Balaban J connectivity index is 2.91. The molecule has 0 unspecified atom stereocenters. The van der Waals surface area contributed by atoms with Crippen molar-refractivity contribution >= 4 is 11.9 Å². The minimum atomic E-state index is 0.730. The van der Waals surface area contributed by atoms with Crippen LogP contribution in [0.3, 0.4) is 0 Å². The van der Waals surface area contributed by atoms with E-state index < -0.39 is 0 Å². The van der Waals surface area contributed by atoms with Crippen LogP contribution in [-0.2, 0) is 0 Å². The molecule has 13 heavy (non-hydrogen) atoms. The van der Waals surface area contributed by atoms with Crippen molar-refractivity contribution in [1.29, 1.82) is 0 Å². The molecule has 0 N–H and O–H groups in total. The predicted molar refractivity (Wildman–Crippen MR) is 55.8 cm³/mol. The topological polar surface area (TPSA) is 17.1 Å². The van der Waals surface area contributed by atoms with Crippen LogP contribution in [0, 0.1) is 0 Å². The molecule has 1 aromatic carbocycles. The van der Waals surface area contributed by atoms with Gasteiger partial charge in [0.1, 0.15) is 6.29 Å². The van der Waals surface area contributed by atoms with E-state index >= 15 is 0 Å². The molecular formula is C12H14O. The van der Waals surface area contributed by atoms with Crippen molar-refractivity contribution in [2.45, 2.75) is 20.3 Å². The first-order valence-corrected chi connectivity index (χ1v) is 4.50. The molecule has 0 amide bonds. The fourth-order valence-corrected chi connectivity index (χ4v) is 1.25. The maximum atomic E-state index is 10.4. The number of carbonyl (C=O) groups excluding carboxylic acids is 1. The number of benzene rings is 1. The van der Waals surface area contributed by atoms with Gasteiger partial charge < -0.3 is 0 Å². The van der Waals surface area contributed by atoms with Gasteiger partial charge in [0.15, 0.2) is 0 Å². The van der Waals surface area contributed by atoms with Gasteiger partial charge in [-0.3, -0.25) is 4.79 Å².